The Morgan fingerprint density at radius 2 is 2.07 bits per heavy atom. The van der Waals surface area contributed by atoms with E-state index in [9.17, 15) is 9.90 Å². The first-order valence-corrected chi connectivity index (χ1v) is 4.78. The van der Waals surface area contributed by atoms with Crippen LogP contribution in [0.1, 0.15) is 12.5 Å². The molecule has 0 radical (unpaired) electrons. The number of benzene rings is 1. The van der Waals surface area contributed by atoms with Crippen molar-refractivity contribution in [2.45, 2.75) is 12.5 Å². The summed E-state index contributed by atoms with van der Waals surface area (Å²) in [6.45, 7) is 1.78. The molecule has 0 spiro atoms. The molecule has 0 aliphatic heterocycles. The Labute approximate surface area is 89.1 Å². The number of hydrogen-bond donors (Lipinski definition) is 3. The number of nitrogens with one attached hydrogen (secondary N) is 1. The monoisotopic (exact) mass is 208 g/mol. The first-order valence-electron chi connectivity index (χ1n) is 4.78. The highest BCUT2D eigenvalue weighted by Crippen LogP contribution is 2.19. The summed E-state index contributed by atoms with van der Waals surface area (Å²) in [6.07, 6.45) is 0. The molecule has 1 atom stereocenters. The van der Waals surface area contributed by atoms with Gasteiger partial charge < -0.3 is 10.8 Å². The molecule has 0 saturated heterocycles. The summed E-state index contributed by atoms with van der Waals surface area (Å²) in [5.74, 6) is -0.439. The van der Waals surface area contributed by atoms with Crippen LogP contribution in [-0.2, 0) is 10.3 Å². The van der Waals surface area contributed by atoms with Crippen LogP contribution in [0.15, 0.2) is 30.3 Å². The zero-order chi connectivity index (χ0) is 11.3. The minimum absolute atomic E-state index is 0.0476. The van der Waals surface area contributed by atoms with Crippen molar-refractivity contribution in [2.24, 2.45) is 5.73 Å². The highest BCUT2D eigenvalue weighted by atomic mass is 16.3. The third kappa shape index (κ3) is 3.04. The minimum atomic E-state index is -0.629. The van der Waals surface area contributed by atoms with Gasteiger partial charge in [0.1, 0.15) is 0 Å². The van der Waals surface area contributed by atoms with Gasteiger partial charge in [-0.05, 0) is 12.5 Å². The lowest BCUT2D eigenvalue weighted by molar-refractivity contribution is -0.117. The van der Waals surface area contributed by atoms with E-state index in [4.69, 9.17) is 5.73 Å². The molecule has 0 aromatic heterocycles. The van der Waals surface area contributed by atoms with E-state index in [1.165, 1.54) is 0 Å². The van der Waals surface area contributed by atoms with Crippen LogP contribution < -0.4 is 11.1 Å². The van der Waals surface area contributed by atoms with Gasteiger partial charge in [-0.2, -0.15) is 0 Å². The third-order valence-corrected chi connectivity index (χ3v) is 2.38. The lowest BCUT2D eigenvalue weighted by Crippen LogP contribution is -2.46. The van der Waals surface area contributed by atoms with Gasteiger partial charge in [0.15, 0.2) is 0 Å². The highest BCUT2D eigenvalue weighted by Gasteiger charge is 2.25. The van der Waals surface area contributed by atoms with Crippen LogP contribution in [0.25, 0.3) is 0 Å². The number of nitrogens with two attached hydrogens (primary N) is 1. The third-order valence-electron chi connectivity index (χ3n) is 2.38. The molecule has 1 aromatic carbocycles. The molecule has 0 fully saturated rings. The van der Waals surface area contributed by atoms with Crippen molar-refractivity contribution in [3.63, 3.8) is 0 Å². The van der Waals surface area contributed by atoms with Gasteiger partial charge in [-0.25, -0.2) is 0 Å². The van der Waals surface area contributed by atoms with E-state index in [1.807, 2.05) is 37.3 Å². The SMILES string of the molecule is CC(CO)(NCC(N)=O)c1ccccc1. The minimum Gasteiger partial charge on any atom is -0.394 e. The molecule has 0 heterocycles. The maximum Gasteiger partial charge on any atom is 0.231 e. The van der Waals surface area contributed by atoms with Gasteiger partial charge in [0.2, 0.25) is 5.91 Å². The second-order valence-electron chi connectivity index (χ2n) is 3.68. The van der Waals surface area contributed by atoms with Crippen LogP contribution in [0.3, 0.4) is 0 Å². The average molecular weight is 208 g/mol. The average Bonchev–Trinajstić information content (AvgIpc) is 2.27. The number of carbonyl (C=O) groups excluding carboxylic acids is 1. The van der Waals surface area contributed by atoms with Gasteiger partial charge >= 0.3 is 0 Å². The Kier molecular flexibility index (Phi) is 3.82. The van der Waals surface area contributed by atoms with E-state index in [1.54, 1.807) is 0 Å². The number of aliphatic hydroxyl groups excluding tert-OH is 1. The lowest BCUT2D eigenvalue weighted by atomic mass is 9.93. The molecule has 1 aromatic rings. The second-order valence-corrected chi connectivity index (χ2v) is 3.68. The molecule has 0 bridgehead atoms. The number of rotatable bonds is 5. The van der Waals surface area contributed by atoms with Crippen molar-refractivity contribution in [1.29, 1.82) is 0 Å². The number of primary amides is 1. The van der Waals surface area contributed by atoms with Crippen molar-refractivity contribution >= 4 is 5.91 Å². The Morgan fingerprint density at radius 3 is 2.53 bits per heavy atom. The zero-order valence-corrected chi connectivity index (χ0v) is 8.73. The molecule has 1 rings (SSSR count). The van der Waals surface area contributed by atoms with Crippen molar-refractivity contribution in [2.75, 3.05) is 13.2 Å². The molecule has 82 valence electrons. The smallest absolute Gasteiger partial charge is 0.231 e. The first-order chi connectivity index (χ1) is 7.08. The second kappa shape index (κ2) is 4.91. The molecular weight excluding hydrogens is 192 g/mol. The summed E-state index contributed by atoms with van der Waals surface area (Å²) in [6, 6.07) is 9.45. The fourth-order valence-electron chi connectivity index (χ4n) is 1.34. The van der Waals surface area contributed by atoms with Gasteiger partial charge in [-0.3, -0.25) is 10.1 Å². The number of carbonyl (C=O) groups is 1. The maximum atomic E-state index is 10.7. The van der Waals surface area contributed by atoms with Gasteiger partial charge in [0.05, 0.1) is 18.7 Å². The highest BCUT2D eigenvalue weighted by molar-refractivity contribution is 5.76. The van der Waals surface area contributed by atoms with Gasteiger partial charge in [0.25, 0.3) is 0 Å². The molecule has 15 heavy (non-hydrogen) atoms. The summed E-state index contributed by atoms with van der Waals surface area (Å²) in [4.78, 5) is 10.7. The van der Waals surface area contributed by atoms with Crippen molar-refractivity contribution in [3.05, 3.63) is 35.9 Å². The topological polar surface area (TPSA) is 75.3 Å². The predicted octanol–water partition coefficient (Wildman–Crippen LogP) is -0.0310. The number of hydrogen-bond acceptors (Lipinski definition) is 3. The zero-order valence-electron chi connectivity index (χ0n) is 8.73. The Balaban J connectivity index is 2.80. The molecule has 0 saturated carbocycles. The van der Waals surface area contributed by atoms with Crippen LogP contribution >= 0.6 is 0 Å². The van der Waals surface area contributed by atoms with Crippen LogP contribution in [0.2, 0.25) is 0 Å². The van der Waals surface area contributed by atoms with Crippen LogP contribution in [0.5, 0.6) is 0 Å². The first kappa shape index (κ1) is 11.7. The fraction of sp³-hybridized carbons (Fsp3) is 0.364. The van der Waals surface area contributed by atoms with Gasteiger partial charge in [-0.15, -0.1) is 0 Å². The Bertz CT molecular complexity index is 327. The largest absolute Gasteiger partial charge is 0.394 e. The van der Waals surface area contributed by atoms with E-state index >= 15 is 0 Å². The molecule has 4 heteroatoms. The molecule has 4 nitrogen and oxygen atoms in total. The summed E-state index contributed by atoms with van der Waals surface area (Å²) in [7, 11) is 0. The van der Waals surface area contributed by atoms with E-state index in [2.05, 4.69) is 5.32 Å². The predicted molar refractivity (Wildman–Crippen MR) is 58.1 cm³/mol. The van der Waals surface area contributed by atoms with E-state index in [0.29, 0.717) is 0 Å². The van der Waals surface area contributed by atoms with Crippen molar-refractivity contribution < 1.29 is 9.90 Å². The van der Waals surface area contributed by atoms with Crippen LogP contribution in [0, 0.1) is 0 Å². The molecule has 0 aliphatic carbocycles. The van der Waals surface area contributed by atoms with Gasteiger partial charge in [-0.1, -0.05) is 30.3 Å². The van der Waals surface area contributed by atoms with E-state index in [0.717, 1.165) is 5.56 Å². The quantitative estimate of drug-likeness (QED) is 0.636. The standard InChI is InChI=1S/C11H16N2O2/c1-11(8-14,13-7-10(12)15)9-5-3-2-4-6-9/h2-6,13-14H,7-8H2,1H3,(H2,12,15). The molecule has 4 N–H and O–H groups in total. The fourth-order valence-corrected chi connectivity index (χ4v) is 1.34. The molecule has 0 aliphatic rings. The Morgan fingerprint density at radius 1 is 1.47 bits per heavy atom. The maximum absolute atomic E-state index is 10.7. The van der Waals surface area contributed by atoms with Gasteiger partial charge in [0, 0.05) is 0 Å². The lowest BCUT2D eigenvalue weighted by Gasteiger charge is -2.28. The van der Waals surface area contributed by atoms with Crippen molar-refractivity contribution in [1.82, 2.24) is 5.32 Å². The molecular formula is C11H16N2O2. The summed E-state index contributed by atoms with van der Waals surface area (Å²) in [5, 5.41) is 12.3. The van der Waals surface area contributed by atoms with E-state index in [-0.39, 0.29) is 13.2 Å². The normalized spacial score (nSPS) is 14.5. The number of aliphatic hydroxyl groups is 1. The number of amides is 1. The molecule has 1 amide bonds. The van der Waals surface area contributed by atoms with Crippen molar-refractivity contribution in [3.8, 4) is 0 Å². The van der Waals surface area contributed by atoms with E-state index < -0.39 is 11.4 Å². The molecule has 1 unspecified atom stereocenters. The summed E-state index contributed by atoms with van der Waals surface area (Å²) >= 11 is 0. The Hall–Kier alpha value is -1.39. The van der Waals surface area contributed by atoms with Crippen LogP contribution in [-0.4, -0.2) is 24.2 Å². The van der Waals surface area contributed by atoms with Crippen LogP contribution in [0.4, 0.5) is 0 Å². The summed E-state index contributed by atoms with van der Waals surface area (Å²) < 4.78 is 0. The summed E-state index contributed by atoms with van der Waals surface area (Å²) in [5.41, 5.74) is 5.35.